The maximum absolute atomic E-state index is 12.4. The molecule has 0 aliphatic heterocycles. The number of hydrogen-bond acceptors (Lipinski definition) is 3. The van der Waals surface area contributed by atoms with E-state index >= 15 is 0 Å². The third-order valence-electron chi connectivity index (χ3n) is 2.29. The quantitative estimate of drug-likeness (QED) is 0.809. The number of nitrogens with zero attached hydrogens (tertiary/aromatic N) is 1. The average Bonchev–Trinajstić information content (AvgIpc) is 2.28. The number of benzene rings is 1. The fourth-order valence-corrected chi connectivity index (χ4v) is 2.09. The largest absolute Gasteiger partial charge is 0.573 e. The zero-order chi connectivity index (χ0) is 15.8. The van der Waals surface area contributed by atoms with Crippen molar-refractivity contribution in [3.8, 4) is 11.4 Å². The second-order valence-corrected chi connectivity index (χ2v) is 5.08. The molecule has 5 nitrogen and oxygen atoms in total. The van der Waals surface area contributed by atoms with E-state index in [0.29, 0.717) is 4.57 Å². The Morgan fingerprint density at radius 2 is 1.90 bits per heavy atom. The highest BCUT2D eigenvalue weighted by molar-refractivity contribution is 9.10. The van der Waals surface area contributed by atoms with Crippen LogP contribution in [0.15, 0.2) is 38.3 Å². The Bertz CT molecular complexity index is 769. The molecule has 0 amide bonds. The van der Waals surface area contributed by atoms with Gasteiger partial charge in [0.05, 0.1) is 5.69 Å². The summed E-state index contributed by atoms with van der Waals surface area (Å²) in [5.74, 6) is -0.702. The van der Waals surface area contributed by atoms with Gasteiger partial charge in [0.1, 0.15) is 5.15 Å². The molecule has 0 aliphatic rings. The topological polar surface area (TPSA) is 64.1 Å². The predicted octanol–water partition coefficient (Wildman–Crippen LogP) is 2.84. The highest BCUT2D eigenvalue weighted by Gasteiger charge is 2.32. The molecule has 0 saturated carbocycles. The molecule has 21 heavy (non-hydrogen) atoms. The Balaban J connectivity index is 2.70. The van der Waals surface area contributed by atoms with Gasteiger partial charge in [0.15, 0.2) is 5.75 Å². The lowest BCUT2D eigenvalue weighted by Gasteiger charge is -2.14. The van der Waals surface area contributed by atoms with Crippen molar-refractivity contribution < 1.29 is 17.9 Å². The van der Waals surface area contributed by atoms with Crippen molar-refractivity contribution >= 4 is 27.5 Å². The molecule has 0 bridgehead atoms. The van der Waals surface area contributed by atoms with Crippen LogP contribution in [0, 0.1) is 0 Å². The minimum atomic E-state index is -4.97. The van der Waals surface area contributed by atoms with Crippen molar-refractivity contribution in [2.24, 2.45) is 0 Å². The van der Waals surface area contributed by atoms with Crippen LogP contribution in [0.3, 0.4) is 0 Å². The van der Waals surface area contributed by atoms with Gasteiger partial charge in [-0.2, -0.15) is 0 Å². The molecule has 1 aromatic heterocycles. The smallest absolute Gasteiger partial charge is 0.403 e. The maximum atomic E-state index is 12.4. The number of rotatable bonds is 2. The van der Waals surface area contributed by atoms with Crippen LogP contribution in [0.5, 0.6) is 5.75 Å². The summed E-state index contributed by atoms with van der Waals surface area (Å²) < 4.78 is 41.8. The van der Waals surface area contributed by atoms with Crippen LogP contribution in [0.25, 0.3) is 5.69 Å². The maximum Gasteiger partial charge on any atom is 0.573 e. The zero-order valence-corrected chi connectivity index (χ0v) is 12.2. The first kappa shape index (κ1) is 15.6. The van der Waals surface area contributed by atoms with E-state index in [0.717, 1.165) is 18.2 Å². The number of aromatic nitrogens is 2. The lowest BCUT2D eigenvalue weighted by molar-refractivity contribution is -0.274. The molecule has 2 rings (SSSR count). The summed E-state index contributed by atoms with van der Waals surface area (Å²) in [5, 5.41) is -0.225. The summed E-state index contributed by atoms with van der Waals surface area (Å²) >= 11 is 8.48. The van der Waals surface area contributed by atoms with Gasteiger partial charge in [-0.05, 0) is 18.2 Å². The Morgan fingerprint density at radius 1 is 1.24 bits per heavy atom. The van der Waals surface area contributed by atoms with Crippen molar-refractivity contribution in [2.75, 3.05) is 0 Å². The minimum absolute atomic E-state index is 0.225. The lowest BCUT2D eigenvalue weighted by atomic mass is 10.3. The molecule has 0 radical (unpaired) electrons. The van der Waals surface area contributed by atoms with Gasteiger partial charge in [0, 0.05) is 10.5 Å². The molecule has 0 aliphatic carbocycles. The summed E-state index contributed by atoms with van der Waals surface area (Å²) in [6.07, 6.45) is -4.97. The molecule has 0 spiro atoms. The van der Waals surface area contributed by atoms with E-state index in [-0.39, 0.29) is 15.3 Å². The van der Waals surface area contributed by atoms with Gasteiger partial charge >= 0.3 is 12.1 Å². The first-order valence-corrected chi connectivity index (χ1v) is 6.42. The molecule has 0 unspecified atom stereocenters. The summed E-state index contributed by atoms with van der Waals surface area (Å²) in [6, 6.07) is 4.35. The standard InChI is InChI=1S/C11H5BrClF3N2O3/c12-5-1-2-6(7(3-5)21-11(14,15)16)18-9(19)4-8(13)17-10(18)20/h1-4H,(H,17,20). The molecule has 0 fully saturated rings. The van der Waals surface area contributed by atoms with E-state index < -0.39 is 23.4 Å². The molecular formula is C11H5BrClF3N2O3. The molecule has 2 aromatic rings. The number of ether oxygens (including phenoxy) is 1. The van der Waals surface area contributed by atoms with Crippen molar-refractivity contribution in [1.29, 1.82) is 0 Å². The van der Waals surface area contributed by atoms with E-state index in [4.69, 9.17) is 11.6 Å². The number of aromatic amines is 1. The first-order chi connectivity index (χ1) is 9.67. The van der Waals surface area contributed by atoms with E-state index in [1.165, 1.54) is 6.07 Å². The minimum Gasteiger partial charge on any atom is -0.403 e. The normalized spacial score (nSPS) is 11.5. The van der Waals surface area contributed by atoms with Crippen LogP contribution in [-0.2, 0) is 0 Å². The van der Waals surface area contributed by atoms with E-state index in [1.807, 2.05) is 0 Å². The Kier molecular flexibility index (Phi) is 4.15. The molecule has 112 valence electrons. The second kappa shape index (κ2) is 5.57. The van der Waals surface area contributed by atoms with Crippen LogP contribution in [0.1, 0.15) is 0 Å². The lowest BCUT2D eigenvalue weighted by Crippen LogP contribution is -2.33. The van der Waals surface area contributed by atoms with Crippen molar-refractivity contribution in [3.63, 3.8) is 0 Å². The Labute approximate surface area is 128 Å². The molecule has 0 atom stereocenters. The summed E-state index contributed by atoms with van der Waals surface area (Å²) in [5.41, 5.74) is -2.24. The van der Waals surface area contributed by atoms with Gasteiger partial charge in [-0.1, -0.05) is 27.5 Å². The molecule has 10 heteroatoms. The van der Waals surface area contributed by atoms with E-state index in [1.54, 1.807) is 0 Å². The molecule has 1 aromatic carbocycles. The van der Waals surface area contributed by atoms with Crippen molar-refractivity contribution in [3.05, 3.63) is 54.7 Å². The zero-order valence-electron chi connectivity index (χ0n) is 9.87. The van der Waals surface area contributed by atoms with Crippen LogP contribution >= 0.6 is 27.5 Å². The number of hydrogen-bond donors (Lipinski definition) is 1. The van der Waals surface area contributed by atoms with Gasteiger partial charge < -0.3 is 4.74 Å². The molecule has 0 saturated heterocycles. The monoisotopic (exact) mass is 384 g/mol. The Morgan fingerprint density at radius 3 is 2.48 bits per heavy atom. The Hall–Kier alpha value is -1.74. The predicted molar refractivity (Wildman–Crippen MR) is 72.1 cm³/mol. The molecule has 1 N–H and O–H groups in total. The highest BCUT2D eigenvalue weighted by Crippen LogP contribution is 2.30. The van der Waals surface area contributed by atoms with Gasteiger partial charge in [0.2, 0.25) is 0 Å². The van der Waals surface area contributed by atoms with Gasteiger partial charge in [0.25, 0.3) is 5.56 Å². The highest BCUT2D eigenvalue weighted by atomic mass is 79.9. The third-order valence-corrected chi connectivity index (χ3v) is 2.99. The summed E-state index contributed by atoms with van der Waals surface area (Å²) in [4.78, 5) is 25.6. The van der Waals surface area contributed by atoms with Gasteiger partial charge in [-0.3, -0.25) is 9.78 Å². The second-order valence-electron chi connectivity index (χ2n) is 3.76. The average molecular weight is 386 g/mol. The van der Waals surface area contributed by atoms with Crippen LogP contribution in [0.2, 0.25) is 5.15 Å². The van der Waals surface area contributed by atoms with Gasteiger partial charge in [-0.25, -0.2) is 9.36 Å². The fourth-order valence-electron chi connectivity index (χ4n) is 1.57. The van der Waals surface area contributed by atoms with Gasteiger partial charge in [-0.15, -0.1) is 13.2 Å². The van der Waals surface area contributed by atoms with E-state index in [9.17, 15) is 22.8 Å². The SMILES string of the molecule is O=c1cc(Cl)[nH]c(=O)n1-c1ccc(Br)cc1OC(F)(F)F. The number of halogens is 5. The van der Waals surface area contributed by atoms with Crippen molar-refractivity contribution in [1.82, 2.24) is 9.55 Å². The first-order valence-electron chi connectivity index (χ1n) is 5.25. The fraction of sp³-hybridized carbons (Fsp3) is 0.0909. The number of nitrogens with one attached hydrogen (secondary N) is 1. The summed E-state index contributed by atoms with van der Waals surface area (Å²) in [6.45, 7) is 0. The van der Waals surface area contributed by atoms with Crippen LogP contribution in [-0.4, -0.2) is 15.9 Å². The number of alkyl halides is 3. The molecular weight excluding hydrogens is 380 g/mol. The summed E-state index contributed by atoms with van der Waals surface area (Å²) in [7, 11) is 0. The van der Waals surface area contributed by atoms with E-state index in [2.05, 4.69) is 25.7 Å². The third kappa shape index (κ3) is 3.67. The molecule has 1 heterocycles. The van der Waals surface area contributed by atoms with Crippen molar-refractivity contribution in [2.45, 2.75) is 6.36 Å². The van der Waals surface area contributed by atoms with Crippen LogP contribution < -0.4 is 16.0 Å². The van der Waals surface area contributed by atoms with Crippen LogP contribution in [0.4, 0.5) is 13.2 Å². The number of H-pyrrole nitrogens is 1.